The predicted octanol–water partition coefficient (Wildman–Crippen LogP) is -6.58. The SMILES string of the molecule is NC(N)=NCCCC(N)C(=O)NC[C@H]1OC(OC2[C@@H](N)C[C@@H](N)[C@H](O)[C@H]2O)[C@H](N)[C@@H](O)[C@@H]1O. The van der Waals surface area contributed by atoms with Crippen LogP contribution in [0.3, 0.4) is 0 Å². The second-order valence-corrected chi connectivity index (χ2v) is 8.55. The summed E-state index contributed by atoms with van der Waals surface area (Å²) in [7, 11) is 0. The van der Waals surface area contributed by atoms with Crippen molar-refractivity contribution in [1.82, 2.24) is 5.32 Å². The van der Waals surface area contributed by atoms with E-state index in [-0.39, 0.29) is 18.9 Å². The van der Waals surface area contributed by atoms with Crippen LogP contribution >= 0.6 is 0 Å². The molecule has 0 bridgehead atoms. The number of carbonyl (C=O) groups is 1. The molecule has 33 heavy (non-hydrogen) atoms. The third-order valence-electron chi connectivity index (χ3n) is 5.91. The Kier molecular flexibility index (Phi) is 10.2. The number of hydrogen-bond acceptors (Lipinski definition) is 12. The summed E-state index contributed by atoms with van der Waals surface area (Å²) in [5, 5.41) is 43.5. The molecule has 1 aliphatic heterocycles. The maximum absolute atomic E-state index is 12.3. The number of aliphatic hydroxyl groups excluding tert-OH is 4. The van der Waals surface area contributed by atoms with Crippen LogP contribution < -0.4 is 39.7 Å². The Labute approximate surface area is 191 Å². The van der Waals surface area contributed by atoms with Crippen LogP contribution in [0.1, 0.15) is 19.3 Å². The van der Waals surface area contributed by atoms with Crippen molar-refractivity contribution < 1.29 is 34.7 Å². The number of nitrogens with two attached hydrogens (primary N) is 6. The standard InChI is InChI=1S/C18H38N8O7/c19-6(2-1-3-25-18(23)24)16(31)26-5-9-12(28)13(29)10(22)17(32-9)33-15-8(21)4-7(20)11(27)14(15)30/h6-15,17,27-30H,1-5,19-22H2,(H,26,31)(H4,23,24,25)/t6?,7-,8+,9-,10-,11+,12-,13-,14-,15?,17?/m1/s1. The first kappa shape index (κ1) is 27.6. The zero-order chi connectivity index (χ0) is 24.9. The minimum absolute atomic E-state index is 0.0518. The zero-order valence-electron chi connectivity index (χ0n) is 18.3. The van der Waals surface area contributed by atoms with Crippen LogP contribution in [-0.4, -0.2) is 112 Å². The molecule has 15 heteroatoms. The topological polar surface area (TPSA) is 297 Å². The van der Waals surface area contributed by atoms with Crippen LogP contribution in [0.25, 0.3) is 0 Å². The number of guanidine groups is 1. The van der Waals surface area contributed by atoms with Crippen LogP contribution in [0.4, 0.5) is 0 Å². The molecule has 0 aromatic carbocycles. The van der Waals surface area contributed by atoms with E-state index in [1.165, 1.54) is 0 Å². The average molecular weight is 479 g/mol. The predicted molar refractivity (Wildman–Crippen MR) is 117 cm³/mol. The molecule has 17 N–H and O–H groups in total. The van der Waals surface area contributed by atoms with E-state index in [0.717, 1.165) is 0 Å². The summed E-state index contributed by atoms with van der Waals surface area (Å²) in [5.74, 6) is -0.553. The minimum Gasteiger partial charge on any atom is -0.389 e. The van der Waals surface area contributed by atoms with Crippen molar-refractivity contribution in [3.8, 4) is 0 Å². The van der Waals surface area contributed by atoms with Crippen LogP contribution in [0.15, 0.2) is 4.99 Å². The van der Waals surface area contributed by atoms with Crippen molar-refractivity contribution in [3.05, 3.63) is 0 Å². The maximum Gasteiger partial charge on any atom is 0.237 e. The fraction of sp³-hybridized carbons (Fsp3) is 0.889. The Morgan fingerprint density at radius 3 is 2.36 bits per heavy atom. The van der Waals surface area contributed by atoms with E-state index in [9.17, 15) is 25.2 Å². The molecular formula is C18H38N8O7. The molecule has 0 aromatic heterocycles. The third kappa shape index (κ3) is 7.16. The molecule has 1 amide bonds. The number of amides is 1. The van der Waals surface area contributed by atoms with Crippen molar-refractivity contribution in [1.29, 1.82) is 0 Å². The van der Waals surface area contributed by atoms with Gasteiger partial charge in [0.15, 0.2) is 12.2 Å². The van der Waals surface area contributed by atoms with Gasteiger partial charge in [-0.1, -0.05) is 0 Å². The largest absolute Gasteiger partial charge is 0.389 e. The van der Waals surface area contributed by atoms with Gasteiger partial charge >= 0.3 is 0 Å². The highest BCUT2D eigenvalue weighted by molar-refractivity contribution is 5.81. The van der Waals surface area contributed by atoms with Gasteiger partial charge in [-0.3, -0.25) is 9.79 Å². The number of aliphatic imine (C=N–C) groups is 1. The molecule has 1 saturated carbocycles. The van der Waals surface area contributed by atoms with E-state index < -0.39 is 73.0 Å². The summed E-state index contributed by atoms with van der Waals surface area (Å²) in [4.78, 5) is 16.1. The van der Waals surface area contributed by atoms with E-state index >= 15 is 0 Å². The van der Waals surface area contributed by atoms with Gasteiger partial charge in [0.2, 0.25) is 5.91 Å². The van der Waals surface area contributed by atoms with Gasteiger partial charge in [0, 0.05) is 25.2 Å². The van der Waals surface area contributed by atoms with E-state index in [1.807, 2.05) is 0 Å². The Morgan fingerprint density at radius 2 is 1.73 bits per heavy atom. The summed E-state index contributed by atoms with van der Waals surface area (Å²) in [6.45, 7) is 0.129. The summed E-state index contributed by atoms with van der Waals surface area (Å²) in [5.41, 5.74) is 34.0. The molecule has 0 aromatic rings. The van der Waals surface area contributed by atoms with Gasteiger partial charge in [0.25, 0.3) is 0 Å². The molecule has 2 aliphatic rings. The van der Waals surface area contributed by atoms with Crippen LogP contribution in [-0.2, 0) is 14.3 Å². The molecule has 15 nitrogen and oxygen atoms in total. The number of hydrogen-bond donors (Lipinski definition) is 11. The Hall–Kier alpha value is -1.66. The lowest BCUT2D eigenvalue weighted by atomic mass is 9.84. The second-order valence-electron chi connectivity index (χ2n) is 8.55. The van der Waals surface area contributed by atoms with Gasteiger partial charge in [-0.2, -0.15) is 0 Å². The van der Waals surface area contributed by atoms with Crippen molar-refractivity contribution in [2.75, 3.05) is 13.1 Å². The highest BCUT2D eigenvalue weighted by Crippen LogP contribution is 2.27. The van der Waals surface area contributed by atoms with Crippen molar-refractivity contribution in [2.45, 2.75) is 86.3 Å². The number of nitrogens with one attached hydrogen (secondary N) is 1. The monoisotopic (exact) mass is 478 g/mol. The number of nitrogens with zero attached hydrogens (tertiary/aromatic N) is 1. The third-order valence-corrected chi connectivity index (χ3v) is 5.91. The molecule has 11 atom stereocenters. The van der Waals surface area contributed by atoms with Gasteiger partial charge in [0.05, 0.1) is 18.2 Å². The van der Waals surface area contributed by atoms with Crippen LogP contribution in [0.5, 0.6) is 0 Å². The van der Waals surface area contributed by atoms with Gasteiger partial charge in [-0.05, 0) is 19.3 Å². The summed E-state index contributed by atoms with van der Waals surface area (Å²) >= 11 is 0. The van der Waals surface area contributed by atoms with Gasteiger partial charge in [0.1, 0.15) is 30.5 Å². The lowest BCUT2D eigenvalue weighted by Gasteiger charge is -2.45. The fourth-order valence-electron chi connectivity index (χ4n) is 3.85. The van der Waals surface area contributed by atoms with E-state index in [4.69, 9.17) is 43.9 Å². The number of aliphatic hydroxyl groups is 4. The number of rotatable bonds is 9. The summed E-state index contributed by atoms with van der Waals surface area (Å²) in [6.07, 6.45) is -8.03. The van der Waals surface area contributed by atoms with Crippen molar-refractivity contribution in [3.63, 3.8) is 0 Å². The zero-order valence-corrected chi connectivity index (χ0v) is 18.3. The minimum atomic E-state index is -1.46. The van der Waals surface area contributed by atoms with Crippen LogP contribution in [0.2, 0.25) is 0 Å². The average Bonchev–Trinajstić information content (AvgIpc) is 2.76. The Balaban J connectivity index is 1.93. The first-order chi connectivity index (χ1) is 15.4. The number of carbonyl (C=O) groups excluding carboxylic acids is 1. The molecule has 1 heterocycles. The Morgan fingerprint density at radius 1 is 1.06 bits per heavy atom. The fourth-order valence-corrected chi connectivity index (χ4v) is 3.85. The first-order valence-electron chi connectivity index (χ1n) is 10.8. The molecule has 2 fully saturated rings. The highest BCUT2D eigenvalue weighted by Gasteiger charge is 2.48. The molecule has 1 saturated heterocycles. The quantitative estimate of drug-likeness (QED) is 0.0835. The van der Waals surface area contributed by atoms with E-state index in [1.54, 1.807) is 0 Å². The molecule has 2 rings (SSSR count). The summed E-state index contributed by atoms with van der Waals surface area (Å²) < 4.78 is 11.4. The van der Waals surface area contributed by atoms with Gasteiger partial charge < -0.3 is 69.6 Å². The summed E-state index contributed by atoms with van der Waals surface area (Å²) in [6, 6.07) is -3.49. The molecule has 3 unspecified atom stereocenters. The Bertz CT molecular complexity index is 670. The second kappa shape index (κ2) is 12.2. The van der Waals surface area contributed by atoms with Crippen molar-refractivity contribution in [2.24, 2.45) is 39.4 Å². The molecule has 1 aliphatic carbocycles. The maximum atomic E-state index is 12.3. The van der Waals surface area contributed by atoms with Gasteiger partial charge in [-0.15, -0.1) is 0 Å². The molecule has 192 valence electrons. The first-order valence-corrected chi connectivity index (χ1v) is 10.8. The normalized spacial score (nSPS) is 40.1. The molecular weight excluding hydrogens is 440 g/mol. The van der Waals surface area contributed by atoms with Crippen molar-refractivity contribution >= 4 is 11.9 Å². The lowest BCUT2D eigenvalue weighted by Crippen LogP contribution is -2.67. The molecule has 0 spiro atoms. The van der Waals surface area contributed by atoms with E-state index in [2.05, 4.69) is 10.3 Å². The van der Waals surface area contributed by atoms with Gasteiger partial charge in [-0.25, -0.2) is 0 Å². The highest BCUT2D eigenvalue weighted by atomic mass is 16.7. The van der Waals surface area contributed by atoms with Crippen LogP contribution in [0, 0.1) is 0 Å². The molecule has 0 radical (unpaired) electrons. The smallest absolute Gasteiger partial charge is 0.237 e. The lowest BCUT2D eigenvalue weighted by molar-refractivity contribution is -0.288. The van der Waals surface area contributed by atoms with E-state index in [0.29, 0.717) is 19.4 Å². The number of ether oxygens (including phenoxy) is 2.